The van der Waals surface area contributed by atoms with Crippen LogP contribution < -0.4 is 0 Å². The van der Waals surface area contributed by atoms with Crippen molar-refractivity contribution in [2.45, 2.75) is 19.8 Å². The van der Waals surface area contributed by atoms with Crippen LogP contribution in [0, 0.1) is 0 Å². The first kappa shape index (κ1) is 11.4. The molecule has 0 N–H and O–H groups in total. The number of carbonyl (C=O) groups is 1. The fourth-order valence-electron chi connectivity index (χ4n) is 1.94. The van der Waals surface area contributed by atoms with Crippen LogP contribution in [0.5, 0.6) is 0 Å². The van der Waals surface area contributed by atoms with Crippen LogP contribution in [-0.2, 0) is 16.0 Å². The fourth-order valence-corrected chi connectivity index (χ4v) is 2.59. The van der Waals surface area contributed by atoms with Crippen molar-refractivity contribution in [1.82, 2.24) is 0 Å². The highest BCUT2D eigenvalue weighted by Crippen LogP contribution is 2.37. The van der Waals surface area contributed by atoms with Gasteiger partial charge in [-0.05, 0) is 23.6 Å². The van der Waals surface area contributed by atoms with Crippen LogP contribution >= 0.6 is 15.9 Å². The molecular formula is C13H13BrO2. The first-order chi connectivity index (χ1) is 7.72. The average Bonchev–Trinajstić information content (AvgIpc) is 2.56. The topological polar surface area (TPSA) is 26.3 Å². The number of hydrogen-bond donors (Lipinski definition) is 0. The molecule has 0 aliphatic heterocycles. The van der Waals surface area contributed by atoms with Gasteiger partial charge in [0.15, 0.2) is 0 Å². The summed E-state index contributed by atoms with van der Waals surface area (Å²) in [5.41, 5.74) is 3.50. The molecule has 0 fully saturated rings. The lowest BCUT2D eigenvalue weighted by Gasteiger charge is -2.05. The summed E-state index contributed by atoms with van der Waals surface area (Å²) in [7, 11) is 0. The maximum Gasteiger partial charge on any atom is 0.310 e. The van der Waals surface area contributed by atoms with Gasteiger partial charge in [-0.1, -0.05) is 40.2 Å². The predicted octanol–water partition coefficient (Wildman–Crippen LogP) is 3.30. The molecule has 84 valence electrons. The number of benzene rings is 1. The number of fused-ring (bicyclic) bond motifs is 1. The smallest absolute Gasteiger partial charge is 0.310 e. The lowest BCUT2D eigenvalue weighted by molar-refractivity contribution is -0.141. The highest BCUT2D eigenvalue weighted by Gasteiger charge is 2.21. The van der Waals surface area contributed by atoms with Gasteiger partial charge < -0.3 is 4.74 Å². The SMILES string of the molecule is CCOC(=O)CC1=C(Br)Cc2ccccc21. The Hall–Kier alpha value is -1.09. The standard InChI is InChI=1S/C13H13BrO2/c1-2-16-13(15)8-11-10-6-4-3-5-9(10)7-12(11)14/h3-6H,2,7-8H2,1H3. The maximum atomic E-state index is 11.5. The summed E-state index contributed by atoms with van der Waals surface area (Å²) < 4.78 is 6.07. The summed E-state index contributed by atoms with van der Waals surface area (Å²) in [6, 6.07) is 8.16. The van der Waals surface area contributed by atoms with E-state index < -0.39 is 0 Å². The van der Waals surface area contributed by atoms with Crippen molar-refractivity contribution < 1.29 is 9.53 Å². The third-order valence-electron chi connectivity index (χ3n) is 2.64. The van der Waals surface area contributed by atoms with E-state index in [2.05, 4.69) is 28.1 Å². The van der Waals surface area contributed by atoms with Crippen LogP contribution in [0.25, 0.3) is 5.57 Å². The Morgan fingerprint density at radius 2 is 2.19 bits per heavy atom. The second kappa shape index (κ2) is 4.83. The van der Waals surface area contributed by atoms with Crippen LogP contribution in [0.2, 0.25) is 0 Å². The summed E-state index contributed by atoms with van der Waals surface area (Å²) in [6.45, 7) is 2.26. The molecule has 0 aromatic heterocycles. The van der Waals surface area contributed by atoms with Gasteiger partial charge in [0.1, 0.15) is 0 Å². The summed E-state index contributed by atoms with van der Waals surface area (Å²) >= 11 is 3.54. The molecule has 1 aromatic rings. The van der Waals surface area contributed by atoms with E-state index in [0.29, 0.717) is 13.0 Å². The molecule has 16 heavy (non-hydrogen) atoms. The largest absolute Gasteiger partial charge is 0.466 e. The normalized spacial score (nSPS) is 13.9. The molecule has 1 aliphatic rings. The Balaban J connectivity index is 2.21. The van der Waals surface area contributed by atoms with Crippen molar-refractivity contribution in [3.8, 4) is 0 Å². The Morgan fingerprint density at radius 1 is 1.44 bits per heavy atom. The number of allylic oxidation sites excluding steroid dienone is 1. The van der Waals surface area contributed by atoms with E-state index in [0.717, 1.165) is 16.5 Å². The van der Waals surface area contributed by atoms with Gasteiger partial charge in [-0.3, -0.25) is 4.79 Å². The van der Waals surface area contributed by atoms with E-state index in [9.17, 15) is 4.79 Å². The van der Waals surface area contributed by atoms with E-state index in [1.54, 1.807) is 0 Å². The van der Waals surface area contributed by atoms with Crippen molar-refractivity contribution >= 4 is 27.5 Å². The van der Waals surface area contributed by atoms with E-state index in [1.165, 1.54) is 11.1 Å². The number of hydrogen-bond acceptors (Lipinski definition) is 2. The highest BCUT2D eigenvalue weighted by molar-refractivity contribution is 9.11. The monoisotopic (exact) mass is 280 g/mol. The highest BCUT2D eigenvalue weighted by atomic mass is 79.9. The van der Waals surface area contributed by atoms with Crippen molar-refractivity contribution in [3.63, 3.8) is 0 Å². The van der Waals surface area contributed by atoms with Crippen molar-refractivity contribution in [2.75, 3.05) is 6.61 Å². The first-order valence-electron chi connectivity index (χ1n) is 5.33. The van der Waals surface area contributed by atoms with Crippen LogP contribution in [0.4, 0.5) is 0 Å². The lowest BCUT2D eigenvalue weighted by atomic mass is 10.0. The molecule has 0 heterocycles. The zero-order valence-corrected chi connectivity index (χ0v) is 10.7. The molecular weight excluding hydrogens is 268 g/mol. The molecule has 0 saturated heterocycles. The van der Waals surface area contributed by atoms with Gasteiger partial charge in [-0.15, -0.1) is 0 Å². The summed E-state index contributed by atoms with van der Waals surface area (Å²) in [4.78, 5) is 11.5. The maximum absolute atomic E-state index is 11.5. The zero-order valence-electron chi connectivity index (χ0n) is 9.13. The lowest BCUT2D eigenvalue weighted by Crippen LogP contribution is -2.04. The summed E-state index contributed by atoms with van der Waals surface area (Å²) in [5, 5.41) is 0. The molecule has 2 nitrogen and oxygen atoms in total. The molecule has 2 rings (SSSR count). The van der Waals surface area contributed by atoms with Gasteiger partial charge in [0.2, 0.25) is 0 Å². The van der Waals surface area contributed by atoms with Crippen LogP contribution in [0.3, 0.4) is 0 Å². The van der Waals surface area contributed by atoms with Crippen LogP contribution in [-0.4, -0.2) is 12.6 Å². The molecule has 3 heteroatoms. The molecule has 0 saturated carbocycles. The average molecular weight is 281 g/mol. The minimum Gasteiger partial charge on any atom is -0.466 e. The van der Waals surface area contributed by atoms with E-state index >= 15 is 0 Å². The first-order valence-corrected chi connectivity index (χ1v) is 6.13. The van der Waals surface area contributed by atoms with Gasteiger partial charge in [0.25, 0.3) is 0 Å². The minimum atomic E-state index is -0.161. The molecule has 0 amide bonds. The number of esters is 1. The Kier molecular flexibility index (Phi) is 3.44. The molecule has 0 spiro atoms. The summed E-state index contributed by atoms with van der Waals surface area (Å²) in [5.74, 6) is -0.161. The van der Waals surface area contributed by atoms with Crippen molar-refractivity contribution in [2.24, 2.45) is 0 Å². The molecule has 0 atom stereocenters. The van der Waals surface area contributed by atoms with Gasteiger partial charge in [-0.25, -0.2) is 0 Å². The molecule has 0 bridgehead atoms. The van der Waals surface area contributed by atoms with E-state index in [-0.39, 0.29) is 5.97 Å². The second-order valence-electron chi connectivity index (χ2n) is 3.70. The molecule has 1 aromatic carbocycles. The number of carbonyl (C=O) groups excluding carboxylic acids is 1. The summed E-state index contributed by atoms with van der Waals surface area (Å²) in [6.07, 6.45) is 1.23. The van der Waals surface area contributed by atoms with Crippen LogP contribution in [0.15, 0.2) is 28.7 Å². The Labute approximate surface area is 103 Å². The number of halogens is 1. The fraction of sp³-hybridized carbons (Fsp3) is 0.308. The molecule has 1 aliphatic carbocycles. The van der Waals surface area contributed by atoms with Gasteiger partial charge in [-0.2, -0.15) is 0 Å². The Morgan fingerprint density at radius 3 is 2.94 bits per heavy atom. The van der Waals surface area contributed by atoms with Crippen molar-refractivity contribution in [3.05, 3.63) is 39.9 Å². The van der Waals surface area contributed by atoms with E-state index in [4.69, 9.17) is 4.74 Å². The Bertz CT molecular complexity index is 449. The van der Waals surface area contributed by atoms with Crippen molar-refractivity contribution in [1.29, 1.82) is 0 Å². The minimum absolute atomic E-state index is 0.161. The van der Waals surface area contributed by atoms with Gasteiger partial charge >= 0.3 is 5.97 Å². The van der Waals surface area contributed by atoms with Gasteiger partial charge in [0, 0.05) is 10.9 Å². The third-order valence-corrected chi connectivity index (χ3v) is 3.40. The van der Waals surface area contributed by atoms with E-state index in [1.807, 2.05) is 19.1 Å². The van der Waals surface area contributed by atoms with Gasteiger partial charge in [0.05, 0.1) is 13.0 Å². The van der Waals surface area contributed by atoms with Crippen LogP contribution in [0.1, 0.15) is 24.5 Å². The number of rotatable bonds is 3. The molecule has 0 unspecified atom stereocenters. The third kappa shape index (κ3) is 2.19. The molecule has 0 radical (unpaired) electrons. The number of ether oxygens (including phenoxy) is 1. The zero-order chi connectivity index (χ0) is 11.5. The second-order valence-corrected chi connectivity index (χ2v) is 4.66. The predicted molar refractivity (Wildman–Crippen MR) is 67.2 cm³/mol. The quantitative estimate of drug-likeness (QED) is 0.795.